The van der Waals surface area contributed by atoms with Crippen LogP contribution in [0.2, 0.25) is 0 Å². The highest BCUT2D eigenvalue weighted by Crippen LogP contribution is 2.35. The van der Waals surface area contributed by atoms with E-state index in [9.17, 15) is 14.4 Å². The highest BCUT2D eigenvalue weighted by Gasteiger charge is 2.50. The van der Waals surface area contributed by atoms with Crippen LogP contribution in [0.5, 0.6) is 0 Å². The van der Waals surface area contributed by atoms with Crippen LogP contribution in [0, 0.1) is 11.8 Å². The largest absolute Gasteiger partial charge is 0.310 e. The van der Waals surface area contributed by atoms with E-state index in [1.54, 1.807) is 29.4 Å². The second-order valence-electron chi connectivity index (χ2n) is 11.4. The van der Waals surface area contributed by atoms with Gasteiger partial charge in [-0.25, -0.2) is 0 Å². The normalized spacial score (nSPS) is 25.3. The summed E-state index contributed by atoms with van der Waals surface area (Å²) < 4.78 is 0. The second kappa shape index (κ2) is 12.2. The van der Waals surface area contributed by atoms with Gasteiger partial charge in [-0.15, -0.1) is 0 Å². The number of nitrogens with zero attached hydrogens (tertiary/aromatic N) is 5. The molecule has 9 nitrogen and oxygen atoms in total. The zero-order valence-corrected chi connectivity index (χ0v) is 23.2. The Morgan fingerprint density at radius 2 is 1.84 bits per heavy atom. The van der Waals surface area contributed by atoms with E-state index in [2.05, 4.69) is 16.9 Å². The number of carbonyl (C=O) groups excluding carboxylic acids is 3. The lowest BCUT2D eigenvalue weighted by molar-refractivity contribution is -0.226. The van der Waals surface area contributed by atoms with Gasteiger partial charge in [-0.3, -0.25) is 29.1 Å². The van der Waals surface area contributed by atoms with Crippen LogP contribution in [0.15, 0.2) is 42.5 Å². The molecule has 2 saturated heterocycles. The van der Waals surface area contributed by atoms with E-state index in [0.29, 0.717) is 24.4 Å². The Bertz CT molecular complexity index is 1070. The maximum absolute atomic E-state index is 14.0. The Hall–Kier alpha value is -3.04. The van der Waals surface area contributed by atoms with Crippen molar-refractivity contribution in [2.75, 3.05) is 20.1 Å². The van der Waals surface area contributed by atoms with E-state index >= 15 is 0 Å². The lowest BCUT2D eigenvalue weighted by atomic mass is 9.95. The van der Waals surface area contributed by atoms with E-state index in [1.807, 2.05) is 39.8 Å². The number of likely N-dealkylation sites (tertiary alicyclic amines) is 1. The quantitative estimate of drug-likeness (QED) is 0.507. The van der Waals surface area contributed by atoms with E-state index in [-0.39, 0.29) is 29.7 Å². The van der Waals surface area contributed by atoms with Crippen molar-refractivity contribution in [1.29, 1.82) is 0 Å². The summed E-state index contributed by atoms with van der Waals surface area (Å²) in [5, 5.41) is 1.21. The standard InChI is InChI=1S/C29H41N5O4/c1-20(2)17-24-28(36)32(23-10-8-15-31(5)16-13-23)19-26-33(24)29(37)25(18-21(3)4)38-34(26)27(35)12-11-22-9-6-7-14-30-22/h6-7,9,11-12,14,19-21,23-25H,8,10,13,15-18H2,1-5H3/b12-11+/t23?,24-,25+/m0/s1. The molecule has 0 aromatic carbocycles. The zero-order chi connectivity index (χ0) is 27.4. The smallest absolute Gasteiger partial charge is 0.276 e. The third kappa shape index (κ3) is 6.32. The van der Waals surface area contributed by atoms with Crippen molar-refractivity contribution in [2.24, 2.45) is 11.8 Å². The number of hydrogen-bond donors (Lipinski definition) is 0. The van der Waals surface area contributed by atoms with E-state index in [4.69, 9.17) is 4.84 Å². The number of amides is 3. The lowest BCUT2D eigenvalue weighted by Crippen LogP contribution is -2.64. The molecule has 3 aliphatic heterocycles. The first-order valence-electron chi connectivity index (χ1n) is 13.8. The molecule has 0 saturated carbocycles. The Balaban J connectivity index is 1.74. The first kappa shape index (κ1) is 28.0. The minimum absolute atomic E-state index is 0.00117. The van der Waals surface area contributed by atoms with Crippen molar-refractivity contribution in [3.8, 4) is 0 Å². The van der Waals surface area contributed by atoms with Gasteiger partial charge in [-0.05, 0) is 82.3 Å². The van der Waals surface area contributed by atoms with Gasteiger partial charge in [-0.2, -0.15) is 5.06 Å². The first-order chi connectivity index (χ1) is 18.2. The molecule has 4 heterocycles. The van der Waals surface area contributed by atoms with Crippen molar-refractivity contribution in [3.05, 3.63) is 48.2 Å². The highest BCUT2D eigenvalue weighted by atomic mass is 16.7. The maximum Gasteiger partial charge on any atom is 0.276 e. The number of fused-ring (bicyclic) bond motifs is 1. The second-order valence-corrected chi connectivity index (χ2v) is 11.4. The predicted octanol–water partition coefficient (Wildman–Crippen LogP) is 3.65. The predicted molar refractivity (Wildman–Crippen MR) is 145 cm³/mol. The van der Waals surface area contributed by atoms with Crippen molar-refractivity contribution in [2.45, 2.75) is 78.0 Å². The van der Waals surface area contributed by atoms with Gasteiger partial charge in [-0.1, -0.05) is 33.8 Å². The van der Waals surface area contributed by atoms with Crippen LogP contribution in [-0.4, -0.2) is 80.8 Å². The van der Waals surface area contributed by atoms with Gasteiger partial charge < -0.3 is 9.80 Å². The summed E-state index contributed by atoms with van der Waals surface area (Å²) in [7, 11) is 2.10. The minimum Gasteiger partial charge on any atom is -0.310 e. The number of rotatable bonds is 7. The molecule has 3 aliphatic rings. The number of carbonyl (C=O) groups is 3. The molecule has 38 heavy (non-hydrogen) atoms. The van der Waals surface area contributed by atoms with Crippen LogP contribution >= 0.6 is 0 Å². The Kier molecular flexibility index (Phi) is 8.99. The highest BCUT2D eigenvalue weighted by molar-refractivity contribution is 5.97. The summed E-state index contributed by atoms with van der Waals surface area (Å²) in [6.45, 7) is 9.98. The van der Waals surface area contributed by atoms with Gasteiger partial charge in [0.25, 0.3) is 11.8 Å². The fraction of sp³-hybridized carbons (Fsp3) is 0.586. The third-order valence-corrected chi connectivity index (χ3v) is 7.29. The molecule has 4 rings (SSSR count). The molecule has 0 spiro atoms. The molecule has 0 bridgehead atoms. The molecule has 206 valence electrons. The SMILES string of the molecule is CC(C)C[C@H]1ON(C(=O)/C=C/c2ccccn2)C2=CN(C3CCCN(C)CC3)C(=O)[C@H](CC(C)C)N2C1=O. The molecule has 1 aromatic heterocycles. The summed E-state index contributed by atoms with van der Waals surface area (Å²) in [6, 6.07) is 4.78. The Morgan fingerprint density at radius 1 is 1.08 bits per heavy atom. The van der Waals surface area contributed by atoms with Crippen LogP contribution in [0.25, 0.3) is 6.08 Å². The topological polar surface area (TPSA) is 86.3 Å². The monoisotopic (exact) mass is 523 g/mol. The number of hydroxylamine groups is 2. The van der Waals surface area contributed by atoms with Crippen LogP contribution < -0.4 is 0 Å². The van der Waals surface area contributed by atoms with Gasteiger partial charge in [0.15, 0.2) is 11.9 Å². The Morgan fingerprint density at radius 3 is 2.53 bits per heavy atom. The summed E-state index contributed by atoms with van der Waals surface area (Å²) in [5.41, 5.74) is 0.638. The van der Waals surface area contributed by atoms with Gasteiger partial charge in [0.05, 0.1) is 11.9 Å². The number of aromatic nitrogens is 1. The summed E-state index contributed by atoms with van der Waals surface area (Å²) in [4.78, 5) is 57.3. The molecular weight excluding hydrogens is 482 g/mol. The fourth-order valence-corrected chi connectivity index (χ4v) is 5.37. The van der Waals surface area contributed by atoms with Gasteiger partial charge in [0.2, 0.25) is 5.91 Å². The van der Waals surface area contributed by atoms with Crippen LogP contribution in [0.1, 0.15) is 65.5 Å². The molecular formula is C29H41N5O4. The van der Waals surface area contributed by atoms with Crippen molar-refractivity contribution in [1.82, 2.24) is 24.7 Å². The van der Waals surface area contributed by atoms with E-state index in [1.165, 1.54) is 16.0 Å². The average Bonchev–Trinajstić information content (AvgIpc) is 3.10. The zero-order valence-electron chi connectivity index (χ0n) is 23.2. The molecule has 1 aromatic rings. The van der Waals surface area contributed by atoms with Crippen molar-refractivity contribution in [3.63, 3.8) is 0 Å². The summed E-state index contributed by atoms with van der Waals surface area (Å²) in [5.74, 6) is -0.106. The maximum atomic E-state index is 14.0. The van der Waals surface area contributed by atoms with E-state index < -0.39 is 18.1 Å². The first-order valence-corrected chi connectivity index (χ1v) is 13.8. The molecule has 2 fully saturated rings. The molecule has 3 amide bonds. The van der Waals surface area contributed by atoms with Gasteiger partial charge in [0.1, 0.15) is 6.04 Å². The van der Waals surface area contributed by atoms with E-state index in [0.717, 1.165) is 32.4 Å². The number of hydrogen-bond acceptors (Lipinski definition) is 6. The summed E-state index contributed by atoms with van der Waals surface area (Å²) in [6.07, 6.45) is 9.15. The van der Waals surface area contributed by atoms with Crippen molar-refractivity contribution >= 4 is 23.8 Å². The fourth-order valence-electron chi connectivity index (χ4n) is 5.37. The van der Waals surface area contributed by atoms with Crippen molar-refractivity contribution < 1.29 is 19.2 Å². The molecule has 0 radical (unpaired) electrons. The third-order valence-electron chi connectivity index (χ3n) is 7.29. The number of pyridine rings is 1. The Labute approximate surface area is 226 Å². The minimum atomic E-state index is -0.847. The van der Waals surface area contributed by atoms with Gasteiger partial charge >= 0.3 is 0 Å². The molecule has 1 unspecified atom stereocenters. The molecule has 9 heteroatoms. The average molecular weight is 524 g/mol. The van der Waals surface area contributed by atoms with Crippen LogP contribution in [0.4, 0.5) is 0 Å². The van der Waals surface area contributed by atoms with Gasteiger partial charge in [0, 0.05) is 18.3 Å². The summed E-state index contributed by atoms with van der Waals surface area (Å²) >= 11 is 0. The lowest BCUT2D eigenvalue weighted by Gasteiger charge is -2.48. The van der Waals surface area contributed by atoms with Crippen LogP contribution in [-0.2, 0) is 19.2 Å². The molecule has 0 aliphatic carbocycles. The molecule has 0 N–H and O–H groups in total. The molecule has 3 atom stereocenters. The van der Waals surface area contributed by atoms with Crippen LogP contribution in [0.3, 0.4) is 0 Å².